The van der Waals surface area contributed by atoms with E-state index in [1.807, 2.05) is 18.2 Å². The average Bonchev–Trinajstić information content (AvgIpc) is 2.55. The third-order valence-electron chi connectivity index (χ3n) is 1.90. The van der Waals surface area contributed by atoms with Gasteiger partial charge >= 0.3 is 0 Å². The molecule has 0 spiro atoms. The van der Waals surface area contributed by atoms with Crippen LogP contribution in [0.3, 0.4) is 0 Å². The predicted octanol–water partition coefficient (Wildman–Crippen LogP) is 3.51. The number of alkyl halides is 1. The van der Waals surface area contributed by atoms with E-state index in [2.05, 4.69) is 12.6 Å². The molecule has 0 saturated carbocycles. The lowest BCUT2D eigenvalue weighted by atomic mass is 10.2. The van der Waals surface area contributed by atoms with Crippen LogP contribution in [0.25, 0.3) is 10.1 Å². The molecule has 2 rings (SSSR count). The number of benzene rings is 1. The van der Waals surface area contributed by atoms with Gasteiger partial charge < -0.3 is 5.73 Å². The topological polar surface area (TPSA) is 26.0 Å². The first-order valence-corrected chi connectivity index (χ1v) is 5.58. The minimum atomic E-state index is 0.542. The monoisotopic (exact) mass is 229 g/mol. The highest BCUT2D eigenvalue weighted by Gasteiger charge is 2.05. The van der Waals surface area contributed by atoms with Gasteiger partial charge in [-0.05, 0) is 18.2 Å². The van der Waals surface area contributed by atoms with Crippen LogP contribution in [-0.2, 0) is 5.88 Å². The summed E-state index contributed by atoms with van der Waals surface area (Å²) in [5.41, 5.74) is 6.62. The van der Waals surface area contributed by atoms with Gasteiger partial charge in [0.05, 0.1) is 11.6 Å². The smallest absolute Gasteiger partial charge is 0.0568 e. The van der Waals surface area contributed by atoms with Crippen LogP contribution < -0.4 is 5.73 Å². The van der Waals surface area contributed by atoms with Crippen molar-refractivity contribution in [1.29, 1.82) is 0 Å². The van der Waals surface area contributed by atoms with Crippen LogP contribution in [0, 0.1) is 0 Å². The summed E-state index contributed by atoms with van der Waals surface area (Å²) >= 11 is 11.7. The Labute approximate surface area is 90.9 Å². The molecule has 0 aliphatic rings. The largest absolute Gasteiger partial charge is 0.397 e. The fraction of sp³-hybridized carbons (Fsp3) is 0.111. The van der Waals surface area contributed by atoms with Gasteiger partial charge in [-0.15, -0.1) is 35.6 Å². The maximum absolute atomic E-state index is 5.87. The molecule has 1 aromatic carbocycles. The molecule has 0 bridgehead atoms. The summed E-state index contributed by atoms with van der Waals surface area (Å²) < 4.78 is 1.17. The van der Waals surface area contributed by atoms with Crippen molar-refractivity contribution in [3.8, 4) is 0 Å². The second-order valence-electron chi connectivity index (χ2n) is 2.76. The van der Waals surface area contributed by atoms with Crippen LogP contribution in [-0.4, -0.2) is 0 Å². The van der Waals surface area contributed by atoms with Gasteiger partial charge in [-0.3, -0.25) is 0 Å². The molecule has 2 N–H and O–H groups in total. The van der Waals surface area contributed by atoms with Crippen molar-refractivity contribution in [1.82, 2.24) is 0 Å². The molecular formula is C9H8ClNS2. The van der Waals surface area contributed by atoms with Crippen molar-refractivity contribution in [2.75, 3.05) is 5.73 Å². The molecule has 0 aliphatic heterocycles. The Bertz CT molecular complexity index is 450. The Balaban J connectivity index is 2.76. The Kier molecular flexibility index (Phi) is 2.41. The van der Waals surface area contributed by atoms with Crippen molar-refractivity contribution >= 4 is 51.3 Å². The van der Waals surface area contributed by atoms with Crippen LogP contribution in [0.1, 0.15) is 4.88 Å². The van der Waals surface area contributed by atoms with E-state index in [4.69, 9.17) is 17.3 Å². The highest BCUT2D eigenvalue weighted by atomic mass is 35.5. The van der Waals surface area contributed by atoms with Gasteiger partial charge in [-0.25, -0.2) is 0 Å². The van der Waals surface area contributed by atoms with Crippen LogP contribution >= 0.6 is 35.6 Å². The van der Waals surface area contributed by atoms with Gasteiger partial charge in [0.1, 0.15) is 0 Å². The highest BCUT2D eigenvalue weighted by Crippen LogP contribution is 2.33. The fourth-order valence-corrected chi connectivity index (χ4v) is 2.60. The third-order valence-corrected chi connectivity index (χ3v) is 3.84. The average molecular weight is 230 g/mol. The molecule has 0 amide bonds. The molecule has 0 saturated heterocycles. The van der Waals surface area contributed by atoms with Crippen LogP contribution in [0.15, 0.2) is 23.1 Å². The number of thiol groups is 1. The second-order valence-corrected chi connectivity index (χ2v) is 4.67. The van der Waals surface area contributed by atoms with Crippen molar-refractivity contribution < 1.29 is 0 Å². The summed E-state index contributed by atoms with van der Waals surface area (Å²) in [7, 11) is 0. The second kappa shape index (κ2) is 3.40. The summed E-state index contributed by atoms with van der Waals surface area (Å²) in [5.74, 6) is 0.542. The number of anilines is 1. The molecule has 4 heteroatoms. The molecular weight excluding hydrogens is 222 g/mol. The van der Waals surface area contributed by atoms with E-state index in [-0.39, 0.29) is 0 Å². The van der Waals surface area contributed by atoms with Gasteiger partial charge in [-0.2, -0.15) is 0 Å². The third kappa shape index (κ3) is 1.52. The fourth-order valence-electron chi connectivity index (χ4n) is 1.24. The molecule has 2 aromatic rings. The minimum Gasteiger partial charge on any atom is -0.397 e. The zero-order chi connectivity index (χ0) is 9.42. The number of hydrogen-bond donors (Lipinski definition) is 2. The quantitative estimate of drug-likeness (QED) is 0.437. The predicted molar refractivity (Wildman–Crippen MR) is 63.0 cm³/mol. The lowest BCUT2D eigenvalue weighted by molar-refractivity contribution is 1.51. The maximum Gasteiger partial charge on any atom is 0.0568 e. The molecule has 68 valence electrons. The first-order chi connectivity index (χ1) is 6.22. The van der Waals surface area contributed by atoms with Gasteiger partial charge in [0.15, 0.2) is 0 Å². The Morgan fingerprint density at radius 3 is 2.92 bits per heavy atom. The Morgan fingerprint density at radius 1 is 1.46 bits per heavy atom. The van der Waals surface area contributed by atoms with Gasteiger partial charge in [-0.1, -0.05) is 0 Å². The normalized spacial score (nSPS) is 10.9. The first-order valence-electron chi connectivity index (χ1n) is 3.78. The van der Waals surface area contributed by atoms with E-state index in [1.165, 1.54) is 4.70 Å². The molecule has 13 heavy (non-hydrogen) atoms. The van der Waals surface area contributed by atoms with E-state index >= 15 is 0 Å². The van der Waals surface area contributed by atoms with Crippen molar-refractivity contribution in [3.63, 3.8) is 0 Å². The standard InChI is InChI=1S/C9H8ClNS2/c10-4-5-3-6-8(13-5)2-1-7(12)9(6)11/h1-3,12H,4,11H2. The number of thiophene rings is 1. The molecule has 0 aliphatic carbocycles. The van der Waals surface area contributed by atoms with Crippen LogP contribution in [0.2, 0.25) is 0 Å². The number of halogens is 1. The summed E-state index contributed by atoms with van der Waals surface area (Å²) in [6.07, 6.45) is 0. The van der Waals surface area contributed by atoms with Gasteiger partial charge in [0, 0.05) is 19.9 Å². The Morgan fingerprint density at radius 2 is 2.23 bits per heavy atom. The molecule has 1 nitrogen and oxygen atoms in total. The zero-order valence-corrected chi connectivity index (χ0v) is 9.22. The molecule has 0 unspecified atom stereocenters. The lowest BCUT2D eigenvalue weighted by Gasteiger charge is -1.98. The van der Waals surface area contributed by atoms with Gasteiger partial charge in [0.25, 0.3) is 0 Å². The molecule has 0 atom stereocenters. The van der Waals surface area contributed by atoms with E-state index < -0.39 is 0 Å². The Hall–Kier alpha value is -0.380. The van der Waals surface area contributed by atoms with Gasteiger partial charge in [0.2, 0.25) is 0 Å². The zero-order valence-electron chi connectivity index (χ0n) is 6.75. The molecule has 0 fully saturated rings. The van der Waals surface area contributed by atoms with Crippen LogP contribution in [0.4, 0.5) is 5.69 Å². The molecule has 1 heterocycles. The number of nitrogens with two attached hydrogens (primary N) is 1. The van der Waals surface area contributed by atoms with E-state index in [0.29, 0.717) is 5.88 Å². The SMILES string of the molecule is Nc1c(S)ccc2sc(CCl)cc12. The first kappa shape index (κ1) is 9.19. The summed E-state index contributed by atoms with van der Waals surface area (Å²) in [5, 5.41) is 1.06. The van der Waals surface area contributed by atoms with E-state index in [9.17, 15) is 0 Å². The summed E-state index contributed by atoms with van der Waals surface area (Å²) in [6, 6.07) is 5.96. The molecule has 1 aromatic heterocycles. The number of fused-ring (bicyclic) bond motifs is 1. The summed E-state index contributed by atoms with van der Waals surface area (Å²) in [6.45, 7) is 0. The number of hydrogen-bond acceptors (Lipinski definition) is 3. The lowest BCUT2D eigenvalue weighted by Crippen LogP contribution is -1.86. The van der Waals surface area contributed by atoms with Crippen LogP contribution in [0.5, 0.6) is 0 Å². The maximum atomic E-state index is 5.87. The van der Waals surface area contributed by atoms with Crippen molar-refractivity contribution in [2.45, 2.75) is 10.8 Å². The number of nitrogen functional groups attached to an aromatic ring is 1. The van der Waals surface area contributed by atoms with Crippen molar-refractivity contribution in [3.05, 3.63) is 23.1 Å². The van der Waals surface area contributed by atoms with E-state index in [1.54, 1.807) is 11.3 Å². The van der Waals surface area contributed by atoms with Crippen molar-refractivity contribution in [2.24, 2.45) is 0 Å². The highest BCUT2D eigenvalue weighted by molar-refractivity contribution is 7.80. The number of rotatable bonds is 1. The van der Waals surface area contributed by atoms with E-state index in [0.717, 1.165) is 20.8 Å². The summed E-state index contributed by atoms with van der Waals surface area (Å²) in [4.78, 5) is 1.97. The molecule has 0 radical (unpaired) electrons. The minimum absolute atomic E-state index is 0.542.